The van der Waals surface area contributed by atoms with Crippen LogP contribution in [0.4, 0.5) is 0 Å². The Morgan fingerprint density at radius 1 is 1.33 bits per heavy atom. The molecule has 4 heteroatoms. The Morgan fingerprint density at radius 2 is 2.00 bits per heavy atom. The second-order valence-electron chi connectivity index (χ2n) is 4.99. The van der Waals surface area contributed by atoms with Crippen LogP contribution in [0, 0.1) is 0 Å². The van der Waals surface area contributed by atoms with E-state index in [9.17, 15) is 15.0 Å². The van der Waals surface area contributed by atoms with Crippen molar-refractivity contribution in [3.8, 4) is 0 Å². The molecule has 1 saturated carbocycles. The topological polar surface area (TPSA) is 69.6 Å². The van der Waals surface area contributed by atoms with Crippen molar-refractivity contribution in [2.24, 2.45) is 0 Å². The zero-order valence-corrected chi connectivity index (χ0v) is 10.3. The van der Waals surface area contributed by atoms with E-state index in [1.165, 1.54) is 0 Å². The number of aliphatic hydroxyl groups excluding tert-OH is 1. The standard InChI is InChI=1S/C14H19NO3/c16-12(11-5-2-1-3-6-11)9-13(17)15-10-14(18)7-4-8-14/h1-3,5-6,12,16,18H,4,7-10H2,(H,15,17). The van der Waals surface area contributed by atoms with Crippen LogP contribution >= 0.6 is 0 Å². The summed E-state index contributed by atoms with van der Waals surface area (Å²) in [5.41, 5.74) is 0.0166. The Morgan fingerprint density at radius 3 is 2.56 bits per heavy atom. The van der Waals surface area contributed by atoms with Gasteiger partial charge in [0.2, 0.25) is 5.91 Å². The fourth-order valence-electron chi connectivity index (χ4n) is 2.07. The maximum atomic E-state index is 11.6. The van der Waals surface area contributed by atoms with E-state index >= 15 is 0 Å². The van der Waals surface area contributed by atoms with E-state index in [1.807, 2.05) is 18.2 Å². The minimum Gasteiger partial charge on any atom is -0.388 e. The smallest absolute Gasteiger partial charge is 0.223 e. The molecule has 0 saturated heterocycles. The molecule has 1 aliphatic rings. The number of rotatable bonds is 5. The number of hydrogen-bond donors (Lipinski definition) is 3. The summed E-state index contributed by atoms with van der Waals surface area (Å²) < 4.78 is 0. The van der Waals surface area contributed by atoms with Crippen molar-refractivity contribution in [2.45, 2.75) is 37.4 Å². The average molecular weight is 249 g/mol. The molecule has 18 heavy (non-hydrogen) atoms. The second-order valence-corrected chi connectivity index (χ2v) is 4.99. The quantitative estimate of drug-likeness (QED) is 0.733. The molecule has 1 aromatic rings. The maximum Gasteiger partial charge on any atom is 0.223 e. The molecule has 4 nitrogen and oxygen atoms in total. The number of aliphatic hydroxyl groups is 2. The summed E-state index contributed by atoms with van der Waals surface area (Å²) in [7, 11) is 0. The molecule has 1 atom stereocenters. The molecule has 1 aromatic carbocycles. The van der Waals surface area contributed by atoms with E-state index in [2.05, 4.69) is 5.32 Å². The molecule has 0 bridgehead atoms. The van der Waals surface area contributed by atoms with E-state index in [-0.39, 0.29) is 18.9 Å². The SMILES string of the molecule is O=C(CC(O)c1ccccc1)NCC1(O)CCC1. The van der Waals surface area contributed by atoms with Crippen molar-refractivity contribution in [3.63, 3.8) is 0 Å². The fourth-order valence-corrected chi connectivity index (χ4v) is 2.07. The van der Waals surface area contributed by atoms with Gasteiger partial charge in [-0.2, -0.15) is 0 Å². The summed E-state index contributed by atoms with van der Waals surface area (Å²) >= 11 is 0. The molecular formula is C14H19NO3. The predicted octanol–water partition coefficient (Wildman–Crippen LogP) is 1.14. The summed E-state index contributed by atoms with van der Waals surface area (Å²) in [5.74, 6) is -0.230. The van der Waals surface area contributed by atoms with Crippen LogP contribution in [0.5, 0.6) is 0 Å². The number of amides is 1. The Balaban J connectivity index is 1.77. The van der Waals surface area contributed by atoms with Gasteiger partial charge in [-0.1, -0.05) is 30.3 Å². The highest BCUT2D eigenvalue weighted by atomic mass is 16.3. The molecule has 0 spiro atoms. The van der Waals surface area contributed by atoms with Crippen LogP contribution in [-0.4, -0.2) is 28.3 Å². The highest BCUT2D eigenvalue weighted by molar-refractivity contribution is 5.76. The van der Waals surface area contributed by atoms with Crippen molar-refractivity contribution >= 4 is 5.91 Å². The van der Waals surface area contributed by atoms with Crippen LogP contribution in [0.2, 0.25) is 0 Å². The normalized spacial score (nSPS) is 18.8. The molecular weight excluding hydrogens is 230 g/mol. The van der Waals surface area contributed by atoms with Crippen molar-refractivity contribution < 1.29 is 15.0 Å². The van der Waals surface area contributed by atoms with Crippen molar-refractivity contribution in [1.82, 2.24) is 5.32 Å². The first kappa shape index (κ1) is 13.1. The van der Waals surface area contributed by atoms with Crippen molar-refractivity contribution in [3.05, 3.63) is 35.9 Å². The second kappa shape index (κ2) is 5.50. The van der Waals surface area contributed by atoms with Gasteiger partial charge in [0.1, 0.15) is 0 Å². The molecule has 1 aliphatic carbocycles. The lowest BCUT2D eigenvalue weighted by atomic mass is 9.80. The molecule has 0 aliphatic heterocycles. The molecule has 1 fully saturated rings. The average Bonchev–Trinajstić information content (AvgIpc) is 2.35. The molecule has 0 radical (unpaired) electrons. The Hall–Kier alpha value is -1.39. The van der Waals surface area contributed by atoms with Gasteiger partial charge in [0.05, 0.1) is 18.1 Å². The zero-order chi connectivity index (χ0) is 13.0. The van der Waals surface area contributed by atoms with Crippen LogP contribution in [0.3, 0.4) is 0 Å². The van der Waals surface area contributed by atoms with E-state index < -0.39 is 11.7 Å². The third-order valence-corrected chi connectivity index (χ3v) is 3.46. The van der Waals surface area contributed by atoms with Crippen LogP contribution in [0.25, 0.3) is 0 Å². The third-order valence-electron chi connectivity index (χ3n) is 3.46. The van der Waals surface area contributed by atoms with E-state index in [0.717, 1.165) is 24.8 Å². The highest BCUT2D eigenvalue weighted by Gasteiger charge is 2.34. The number of carbonyl (C=O) groups excluding carboxylic acids is 1. The lowest BCUT2D eigenvalue weighted by molar-refractivity contribution is -0.125. The van der Waals surface area contributed by atoms with E-state index in [4.69, 9.17) is 0 Å². The summed E-state index contributed by atoms with van der Waals surface area (Å²) in [6.07, 6.45) is 1.74. The van der Waals surface area contributed by atoms with Gasteiger partial charge in [-0.25, -0.2) is 0 Å². The van der Waals surface area contributed by atoms with Gasteiger partial charge in [-0.15, -0.1) is 0 Å². The first-order valence-corrected chi connectivity index (χ1v) is 6.31. The molecule has 2 rings (SSSR count). The van der Waals surface area contributed by atoms with Gasteiger partial charge in [-0.05, 0) is 24.8 Å². The summed E-state index contributed by atoms with van der Waals surface area (Å²) in [5, 5.41) is 22.4. The van der Waals surface area contributed by atoms with Gasteiger partial charge in [0, 0.05) is 6.54 Å². The summed E-state index contributed by atoms with van der Waals surface area (Å²) in [6, 6.07) is 9.10. The molecule has 98 valence electrons. The predicted molar refractivity (Wildman–Crippen MR) is 67.8 cm³/mol. The fraction of sp³-hybridized carbons (Fsp3) is 0.500. The number of carbonyl (C=O) groups is 1. The molecule has 1 amide bonds. The molecule has 3 N–H and O–H groups in total. The summed E-state index contributed by atoms with van der Waals surface area (Å²) in [4.78, 5) is 11.6. The van der Waals surface area contributed by atoms with Crippen LogP contribution < -0.4 is 5.32 Å². The lowest BCUT2D eigenvalue weighted by Crippen LogP contribution is -2.47. The number of benzene rings is 1. The Kier molecular flexibility index (Phi) is 3.99. The largest absolute Gasteiger partial charge is 0.388 e. The van der Waals surface area contributed by atoms with Crippen molar-refractivity contribution in [1.29, 1.82) is 0 Å². The van der Waals surface area contributed by atoms with Gasteiger partial charge >= 0.3 is 0 Å². The highest BCUT2D eigenvalue weighted by Crippen LogP contribution is 2.30. The van der Waals surface area contributed by atoms with E-state index in [1.54, 1.807) is 12.1 Å². The maximum absolute atomic E-state index is 11.6. The van der Waals surface area contributed by atoms with Gasteiger partial charge in [0.15, 0.2) is 0 Å². The van der Waals surface area contributed by atoms with Crippen molar-refractivity contribution in [2.75, 3.05) is 6.54 Å². The Bertz CT molecular complexity index is 401. The van der Waals surface area contributed by atoms with Crippen LogP contribution in [0.15, 0.2) is 30.3 Å². The Labute approximate surface area is 107 Å². The van der Waals surface area contributed by atoms with Crippen LogP contribution in [0.1, 0.15) is 37.4 Å². The number of hydrogen-bond acceptors (Lipinski definition) is 3. The monoisotopic (exact) mass is 249 g/mol. The molecule has 1 unspecified atom stereocenters. The van der Waals surface area contributed by atoms with Gasteiger partial charge < -0.3 is 15.5 Å². The van der Waals surface area contributed by atoms with Gasteiger partial charge in [-0.3, -0.25) is 4.79 Å². The van der Waals surface area contributed by atoms with Gasteiger partial charge in [0.25, 0.3) is 0 Å². The number of nitrogens with one attached hydrogen (secondary N) is 1. The first-order chi connectivity index (χ1) is 8.59. The first-order valence-electron chi connectivity index (χ1n) is 6.31. The lowest BCUT2D eigenvalue weighted by Gasteiger charge is -2.36. The molecule has 0 aromatic heterocycles. The third kappa shape index (κ3) is 3.31. The minimum absolute atomic E-state index is 0.0279. The summed E-state index contributed by atoms with van der Waals surface area (Å²) in [6.45, 7) is 0.285. The zero-order valence-electron chi connectivity index (χ0n) is 10.3. The minimum atomic E-state index is -0.790. The van der Waals surface area contributed by atoms with Crippen LogP contribution in [-0.2, 0) is 4.79 Å². The van der Waals surface area contributed by atoms with E-state index in [0.29, 0.717) is 0 Å². The molecule has 0 heterocycles.